The van der Waals surface area contributed by atoms with Gasteiger partial charge in [0, 0.05) is 43.1 Å². The molecular weight excluding hydrogens is 405 g/mol. The van der Waals surface area contributed by atoms with E-state index in [1.165, 1.54) is 10.6 Å². The average molecular weight is 421 g/mol. The number of hydrogen-bond donors (Lipinski definition) is 1. The van der Waals surface area contributed by atoms with E-state index in [-0.39, 0.29) is 35.1 Å². The van der Waals surface area contributed by atoms with Crippen LogP contribution in [0, 0.1) is 17.1 Å². The molecule has 31 heavy (non-hydrogen) atoms. The predicted octanol–water partition coefficient (Wildman–Crippen LogP) is 1.67. The van der Waals surface area contributed by atoms with Gasteiger partial charge in [-0.3, -0.25) is 9.63 Å². The number of amides is 1. The molecule has 11 heteroatoms. The third-order valence-electron chi connectivity index (χ3n) is 5.85. The van der Waals surface area contributed by atoms with Crippen LogP contribution in [0.4, 0.5) is 10.2 Å². The van der Waals surface area contributed by atoms with Crippen LogP contribution >= 0.6 is 0 Å². The topological polar surface area (TPSA) is 118 Å². The number of pyridine rings is 1. The second kappa shape index (κ2) is 6.61. The Bertz CT molecular complexity index is 1260. The number of hydrogen-bond acceptors (Lipinski definition) is 8. The van der Waals surface area contributed by atoms with Crippen LogP contribution in [0.2, 0.25) is 0 Å². The molecule has 0 spiro atoms. The molecule has 1 saturated carbocycles. The summed E-state index contributed by atoms with van der Waals surface area (Å²) in [5, 5.41) is 18.2. The molecular formula is C20H16FN7O3. The second-order valence-corrected chi connectivity index (χ2v) is 7.78. The first-order valence-corrected chi connectivity index (χ1v) is 9.95. The van der Waals surface area contributed by atoms with Gasteiger partial charge >= 0.3 is 0 Å². The van der Waals surface area contributed by atoms with Crippen LogP contribution in [-0.2, 0) is 4.84 Å². The summed E-state index contributed by atoms with van der Waals surface area (Å²) < 4.78 is 21.5. The monoisotopic (exact) mass is 421 g/mol. The summed E-state index contributed by atoms with van der Waals surface area (Å²) in [4.78, 5) is 27.5. The maximum atomic E-state index is 14.1. The van der Waals surface area contributed by atoms with Crippen molar-refractivity contribution in [3.63, 3.8) is 0 Å². The van der Waals surface area contributed by atoms with Gasteiger partial charge < -0.3 is 10.1 Å². The number of carbonyl (C=O) groups excluding carboxylic acids is 1. The van der Waals surface area contributed by atoms with E-state index in [2.05, 4.69) is 20.4 Å². The zero-order valence-electron chi connectivity index (χ0n) is 16.2. The van der Waals surface area contributed by atoms with Crippen LogP contribution in [0.15, 0.2) is 24.5 Å². The molecule has 1 amide bonds. The van der Waals surface area contributed by atoms with Crippen molar-refractivity contribution in [3.05, 3.63) is 47.2 Å². The van der Waals surface area contributed by atoms with E-state index < -0.39 is 11.7 Å². The summed E-state index contributed by atoms with van der Waals surface area (Å²) in [6, 6.07) is 4.56. The fourth-order valence-electron chi connectivity index (χ4n) is 4.28. The number of rotatable bonds is 0. The number of hydroxylamine groups is 1. The third-order valence-corrected chi connectivity index (χ3v) is 5.85. The van der Waals surface area contributed by atoms with E-state index in [4.69, 9.17) is 9.57 Å². The first kappa shape index (κ1) is 18.0. The molecule has 1 aliphatic carbocycles. The maximum Gasteiger partial charge on any atom is 0.258 e. The molecule has 0 aromatic carbocycles. The van der Waals surface area contributed by atoms with Crippen LogP contribution in [0.3, 0.4) is 0 Å². The summed E-state index contributed by atoms with van der Waals surface area (Å²) in [6.07, 6.45) is 4.33. The summed E-state index contributed by atoms with van der Waals surface area (Å²) in [7, 11) is 0. The molecule has 1 N–H and O–H groups in total. The first-order valence-electron chi connectivity index (χ1n) is 9.95. The van der Waals surface area contributed by atoms with Crippen molar-refractivity contribution in [1.82, 2.24) is 24.9 Å². The SMILES string of the molecule is N#Cc1nn2ccc3nc2c1C(=O)NC1CC(C1)Oc1ncc(F)cc1[C@H]1CCON31. The Balaban J connectivity index is 1.55. The lowest BCUT2D eigenvalue weighted by Gasteiger charge is -2.36. The van der Waals surface area contributed by atoms with Crippen molar-refractivity contribution in [2.75, 3.05) is 11.7 Å². The number of nitrogens with zero attached hydrogens (tertiary/aromatic N) is 6. The lowest BCUT2D eigenvalue weighted by Crippen LogP contribution is -2.49. The van der Waals surface area contributed by atoms with Gasteiger partial charge in [0.15, 0.2) is 17.2 Å². The molecule has 7 rings (SSSR count). The van der Waals surface area contributed by atoms with E-state index in [0.717, 1.165) is 6.20 Å². The summed E-state index contributed by atoms with van der Waals surface area (Å²) in [5.74, 6) is -0.108. The molecule has 0 radical (unpaired) electrons. The van der Waals surface area contributed by atoms with Crippen LogP contribution in [-0.4, -0.2) is 44.2 Å². The molecule has 3 aromatic rings. The Morgan fingerprint density at radius 2 is 2.23 bits per heavy atom. The van der Waals surface area contributed by atoms with Crippen molar-refractivity contribution < 1.29 is 18.8 Å². The van der Waals surface area contributed by atoms with E-state index in [0.29, 0.717) is 43.1 Å². The summed E-state index contributed by atoms with van der Waals surface area (Å²) in [5.41, 5.74) is 0.948. The van der Waals surface area contributed by atoms with Gasteiger partial charge in [-0.25, -0.2) is 23.9 Å². The average Bonchev–Trinajstić information content (AvgIpc) is 3.36. The zero-order valence-corrected chi connectivity index (χ0v) is 16.2. The maximum absolute atomic E-state index is 14.1. The highest BCUT2D eigenvalue weighted by molar-refractivity contribution is 6.02. The zero-order chi connectivity index (χ0) is 21.1. The van der Waals surface area contributed by atoms with Gasteiger partial charge in [-0.05, 0) is 6.07 Å². The van der Waals surface area contributed by atoms with Crippen LogP contribution in [0.1, 0.15) is 46.9 Å². The van der Waals surface area contributed by atoms with Gasteiger partial charge in [-0.1, -0.05) is 0 Å². The molecule has 10 nitrogen and oxygen atoms in total. The van der Waals surface area contributed by atoms with E-state index in [1.807, 2.05) is 6.07 Å². The first-order chi connectivity index (χ1) is 15.1. The van der Waals surface area contributed by atoms with E-state index in [9.17, 15) is 14.4 Å². The quantitative estimate of drug-likeness (QED) is 0.583. The minimum absolute atomic E-state index is 0.00289. The minimum atomic E-state index is -0.464. The minimum Gasteiger partial charge on any atom is -0.474 e. The number of halogens is 1. The Labute approximate surface area is 175 Å². The van der Waals surface area contributed by atoms with Crippen LogP contribution in [0.5, 0.6) is 5.88 Å². The van der Waals surface area contributed by atoms with E-state index in [1.54, 1.807) is 17.3 Å². The van der Waals surface area contributed by atoms with Gasteiger partial charge in [0.2, 0.25) is 5.88 Å². The third kappa shape index (κ3) is 2.79. The second-order valence-electron chi connectivity index (χ2n) is 7.78. The van der Waals surface area contributed by atoms with Gasteiger partial charge in [0.25, 0.3) is 5.91 Å². The molecule has 1 atom stereocenters. The Morgan fingerprint density at radius 3 is 3.06 bits per heavy atom. The molecule has 1 saturated heterocycles. The number of carbonyl (C=O) groups is 1. The summed E-state index contributed by atoms with van der Waals surface area (Å²) >= 11 is 0. The van der Waals surface area contributed by atoms with Gasteiger partial charge in [0.05, 0.1) is 18.8 Å². The number of aromatic nitrogens is 4. The molecule has 3 aliphatic heterocycles. The molecule has 3 aromatic heterocycles. The van der Waals surface area contributed by atoms with E-state index >= 15 is 0 Å². The number of anilines is 1. The fraction of sp³-hybridized carbons (Fsp3) is 0.350. The highest BCUT2D eigenvalue weighted by atomic mass is 19.1. The van der Waals surface area contributed by atoms with Crippen molar-refractivity contribution >= 4 is 17.4 Å². The van der Waals surface area contributed by atoms with Crippen LogP contribution in [0.25, 0.3) is 5.65 Å². The summed E-state index contributed by atoms with van der Waals surface area (Å²) in [6.45, 7) is 0.398. The van der Waals surface area contributed by atoms with Crippen molar-refractivity contribution in [1.29, 1.82) is 5.26 Å². The van der Waals surface area contributed by atoms with Crippen molar-refractivity contribution in [3.8, 4) is 11.9 Å². The molecule has 4 aliphatic rings. The van der Waals surface area contributed by atoms with Gasteiger partial charge in [-0.15, -0.1) is 0 Å². The number of fused-ring (bicyclic) bond motifs is 1. The number of ether oxygens (including phenoxy) is 1. The Hall–Kier alpha value is -3.78. The molecule has 4 bridgehead atoms. The molecule has 156 valence electrons. The lowest BCUT2D eigenvalue weighted by molar-refractivity contribution is 0.0667. The molecule has 6 heterocycles. The van der Waals surface area contributed by atoms with Crippen molar-refractivity contribution in [2.24, 2.45) is 0 Å². The standard InChI is InChI=1S/C20H16FN7O3/c21-10-5-13-15-2-4-30-28(15)16-1-3-27-18(25-16)17(14(8-22)26-27)19(29)24-11-6-12(7-11)31-20(13)23-9-10/h1,3,5,9,11-12,15H,2,4,6-7H2,(H,24,29)/t11?,12?,15-/m1/s1. The van der Waals surface area contributed by atoms with Crippen LogP contribution < -0.4 is 15.1 Å². The van der Waals surface area contributed by atoms with Gasteiger partial charge in [0.1, 0.15) is 23.6 Å². The largest absolute Gasteiger partial charge is 0.474 e. The normalized spacial score (nSPS) is 24.5. The highest BCUT2D eigenvalue weighted by Gasteiger charge is 2.38. The highest BCUT2D eigenvalue weighted by Crippen LogP contribution is 2.39. The van der Waals surface area contributed by atoms with Crippen molar-refractivity contribution in [2.45, 2.75) is 37.5 Å². The number of nitrogens with one attached hydrogen (secondary N) is 1. The lowest BCUT2D eigenvalue weighted by atomic mass is 9.89. The Kier molecular flexibility index (Phi) is 3.85. The molecule has 0 unspecified atom stereocenters. The van der Waals surface area contributed by atoms with Gasteiger partial charge in [-0.2, -0.15) is 10.4 Å². The fourth-order valence-corrected chi connectivity index (χ4v) is 4.28. The number of nitriles is 1. The molecule has 2 fully saturated rings. The smallest absolute Gasteiger partial charge is 0.258 e. The predicted molar refractivity (Wildman–Crippen MR) is 103 cm³/mol. The Morgan fingerprint density at radius 1 is 1.35 bits per heavy atom.